The number of ketones is 1. The van der Waals surface area contributed by atoms with Gasteiger partial charge in [0.2, 0.25) is 0 Å². The summed E-state index contributed by atoms with van der Waals surface area (Å²) >= 11 is 1.65. The molecule has 2 atom stereocenters. The van der Waals surface area contributed by atoms with Gasteiger partial charge in [-0.05, 0) is 37.3 Å². The highest BCUT2D eigenvalue weighted by Crippen LogP contribution is 2.38. The van der Waals surface area contributed by atoms with Gasteiger partial charge in [-0.15, -0.1) is 11.8 Å². The van der Waals surface area contributed by atoms with E-state index in [-0.39, 0.29) is 11.8 Å². The first-order chi connectivity index (χ1) is 10.6. The normalized spacial score (nSPS) is 22.0. The van der Waals surface area contributed by atoms with Crippen LogP contribution in [0.15, 0.2) is 59.7 Å². The molecule has 2 N–H and O–H groups in total. The third-order valence-corrected chi connectivity index (χ3v) is 4.75. The Morgan fingerprint density at radius 1 is 1.05 bits per heavy atom. The molecule has 1 aromatic carbocycles. The molecule has 5 heteroatoms. The second-order valence-corrected chi connectivity index (χ2v) is 6.39. The lowest BCUT2D eigenvalue weighted by atomic mass is 10.0. The van der Waals surface area contributed by atoms with E-state index in [1.807, 2.05) is 12.2 Å². The fraction of sp³-hybridized carbons (Fsp3) is 0.176. The van der Waals surface area contributed by atoms with E-state index >= 15 is 0 Å². The van der Waals surface area contributed by atoms with Crippen molar-refractivity contribution in [3.63, 3.8) is 0 Å². The Labute approximate surface area is 133 Å². The van der Waals surface area contributed by atoms with Gasteiger partial charge in [0.15, 0.2) is 5.78 Å². The summed E-state index contributed by atoms with van der Waals surface area (Å²) in [4.78, 5) is 23.2. The molecule has 22 heavy (non-hydrogen) atoms. The molecule has 2 unspecified atom stereocenters. The number of amides is 2. The summed E-state index contributed by atoms with van der Waals surface area (Å²) in [5.41, 5.74) is 1.28. The van der Waals surface area contributed by atoms with Gasteiger partial charge in [0.1, 0.15) is 0 Å². The molecule has 4 nitrogen and oxygen atoms in total. The molecular weight excluding hydrogens is 296 g/mol. The van der Waals surface area contributed by atoms with Crippen LogP contribution in [-0.4, -0.2) is 17.1 Å². The van der Waals surface area contributed by atoms with E-state index in [4.69, 9.17) is 0 Å². The van der Waals surface area contributed by atoms with Crippen LogP contribution in [0, 0.1) is 5.92 Å². The van der Waals surface area contributed by atoms with Crippen molar-refractivity contribution in [2.45, 2.75) is 12.2 Å². The van der Waals surface area contributed by atoms with E-state index in [0.29, 0.717) is 22.4 Å². The van der Waals surface area contributed by atoms with Gasteiger partial charge in [-0.3, -0.25) is 4.79 Å². The highest BCUT2D eigenvalue weighted by Gasteiger charge is 2.26. The smallest absolute Gasteiger partial charge is 0.308 e. The number of nitrogens with one attached hydrogen (secondary N) is 2. The SMILES string of the molecule is CC(=O)c1ccc(NC(=O)NC2=CC3C=CC=CC3S2)cc1. The minimum absolute atomic E-state index is 0.00669. The monoisotopic (exact) mass is 312 g/mol. The number of thioether (sulfide) groups is 1. The van der Waals surface area contributed by atoms with Gasteiger partial charge < -0.3 is 10.6 Å². The zero-order valence-corrected chi connectivity index (χ0v) is 12.9. The maximum Gasteiger partial charge on any atom is 0.324 e. The first-order valence-corrected chi connectivity index (χ1v) is 7.92. The van der Waals surface area contributed by atoms with Gasteiger partial charge in [-0.25, -0.2) is 4.79 Å². The van der Waals surface area contributed by atoms with Crippen molar-refractivity contribution in [3.05, 3.63) is 65.2 Å². The van der Waals surface area contributed by atoms with Crippen LogP contribution in [0.25, 0.3) is 0 Å². The number of Topliss-reactive ketones (excluding diaryl/α,β-unsaturated/α-hetero) is 1. The highest BCUT2D eigenvalue weighted by molar-refractivity contribution is 8.04. The van der Waals surface area contributed by atoms with E-state index < -0.39 is 0 Å². The van der Waals surface area contributed by atoms with Crippen molar-refractivity contribution in [1.82, 2.24) is 5.32 Å². The molecule has 0 saturated heterocycles. The van der Waals surface area contributed by atoms with Crippen molar-refractivity contribution in [2.24, 2.45) is 5.92 Å². The molecule has 0 aromatic heterocycles. The van der Waals surface area contributed by atoms with E-state index in [9.17, 15) is 9.59 Å². The number of benzene rings is 1. The number of rotatable bonds is 3. The number of anilines is 1. The lowest BCUT2D eigenvalue weighted by Crippen LogP contribution is -2.26. The van der Waals surface area contributed by atoms with Crippen molar-refractivity contribution in [1.29, 1.82) is 0 Å². The Hall–Kier alpha value is -2.27. The van der Waals surface area contributed by atoms with Gasteiger partial charge >= 0.3 is 6.03 Å². The van der Waals surface area contributed by atoms with Gasteiger partial charge in [-0.2, -0.15) is 0 Å². The average Bonchev–Trinajstić information content (AvgIpc) is 2.89. The molecule has 1 aromatic rings. The molecule has 2 aliphatic rings. The Morgan fingerprint density at radius 2 is 1.77 bits per heavy atom. The van der Waals surface area contributed by atoms with Crippen molar-refractivity contribution in [2.75, 3.05) is 5.32 Å². The number of fused-ring (bicyclic) bond motifs is 1. The molecular formula is C17H16N2O2S. The van der Waals surface area contributed by atoms with Gasteiger partial charge in [0.05, 0.1) is 5.03 Å². The molecule has 112 valence electrons. The molecule has 0 fully saturated rings. The molecule has 1 aliphatic carbocycles. The second-order valence-electron chi connectivity index (χ2n) is 5.17. The number of carbonyl (C=O) groups excluding carboxylic acids is 2. The molecule has 1 heterocycles. The predicted octanol–water partition coefficient (Wildman–Crippen LogP) is 3.71. The number of hydrogen-bond donors (Lipinski definition) is 2. The standard InChI is InChI=1S/C17H16N2O2S/c1-11(20)12-6-8-14(9-7-12)18-17(21)19-16-10-13-4-2-3-5-15(13)22-16/h2-10,13,15H,1H3,(H2,18,19,21). The summed E-state index contributed by atoms with van der Waals surface area (Å²) in [5, 5.41) is 6.86. The maximum atomic E-state index is 12.0. The third-order valence-electron chi connectivity index (χ3n) is 3.52. The Balaban J connectivity index is 1.58. The summed E-state index contributed by atoms with van der Waals surface area (Å²) < 4.78 is 0. The third kappa shape index (κ3) is 3.31. The summed E-state index contributed by atoms with van der Waals surface area (Å²) in [6.07, 6.45) is 10.4. The van der Waals surface area contributed by atoms with Crippen molar-refractivity contribution in [3.8, 4) is 0 Å². The number of hydrogen-bond acceptors (Lipinski definition) is 3. The highest BCUT2D eigenvalue weighted by atomic mass is 32.2. The van der Waals surface area contributed by atoms with Crippen LogP contribution in [0.2, 0.25) is 0 Å². The molecule has 0 spiro atoms. The van der Waals surface area contributed by atoms with Crippen molar-refractivity contribution >= 4 is 29.3 Å². The minimum Gasteiger partial charge on any atom is -0.308 e. The summed E-state index contributed by atoms with van der Waals surface area (Å²) in [6.45, 7) is 1.52. The number of urea groups is 1. The van der Waals surface area contributed by atoms with Crippen LogP contribution in [0.1, 0.15) is 17.3 Å². The minimum atomic E-state index is -0.277. The number of carbonyl (C=O) groups is 2. The molecule has 0 bridgehead atoms. The molecule has 0 saturated carbocycles. The number of allylic oxidation sites excluding steroid dienone is 4. The molecule has 0 radical (unpaired) electrons. The topological polar surface area (TPSA) is 58.2 Å². The van der Waals surface area contributed by atoms with Crippen LogP contribution >= 0.6 is 11.8 Å². The second kappa shape index (κ2) is 6.23. The Morgan fingerprint density at radius 3 is 2.45 bits per heavy atom. The predicted molar refractivity (Wildman–Crippen MR) is 89.8 cm³/mol. The van der Waals surface area contributed by atoms with Gasteiger partial charge in [0.25, 0.3) is 0 Å². The maximum absolute atomic E-state index is 12.0. The van der Waals surface area contributed by atoms with E-state index in [2.05, 4.69) is 28.9 Å². The van der Waals surface area contributed by atoms with E-state index in [0.717, 1.165) is 5.03 Å². The zero-order valence-electron chi connectivity index (χ0n) is 12.1. The van der Waals surface area contributed by atoms with Crippen LogP contribution in [-0.2, 0) is 0 Å². The first kappa shape index (κ1) is 14.7. The van der Waals surface area contributed by atoms with Crippen molar-refractivity contribution < 1.29 is 9.59 Å². The summed E-state index contributed by atoms with van der Waals surface area (Å²) in [5.74, 6) is 0.354. The lowest BCUT2D eigenvalue weighted by Gasteiger charge is -2.13. The fourth-order valence-electron chi connectivity index (χ4n) is 2.37. The molecule has 2 amide bonds. The van der Waals surface area contributed by atoms with Crippen LogP contribution in [0.5, 0.6) is 0 Å². The Kier molecular flexibility index (Phi) is 4.15. The summed E-state index contributed by atoms with van der Waals surface area (Å²) in [7, 11) is 0. The van der Waals surface area contributed by atoms with Gasteiger partial charge in [0, 0.05) is 22.4 Å². The van der Waals surface area contributed by atoms with Crippen LogP contribution in [0.4, 0.5) is 10.5 Å². The quantitative estimate of drug-likeness (QED) is 0.837. The van der Waals surface area contributed by atoms with Gasteiger partial charge in [-0.1, -0.05) is 24.3 Å². The fourth-order valence-corrected chi connectivity index (χ4v) is 3.54. The van der Waals surface area contributed by atoms with E-state index in [1.54, 1.807) is 36.0 Å². The largest absolute Gasteiger partial charge is 0.324 e. The van der Waals surface area contributed by atoms with Crippen LogP contribution < -0.4 is 10.6 Å². The average molecular weight is 312 g/mol. The summed E-state index contributed by atoms with van der Waals surface area (Å²) in [6, 6.07) is 6.56. The molecule has 1 aliphatic heterocycles. The first-order valence-electron chi connectivity index (χ1n) is 7.04. The van der Waals surface area contributed by atoms with E-state index in [1.165, 1.54) is 6.92 Å². The van der Waals surface area contributed by atoms with Crippen LogP contribution in [0.3, 0.4) is 0 Å². The zero-order chi connectivity index (χ0) is 15.5. The Bertz CT molecular complexity index is 689. The molecule has 3 rings (SSSR count). The lowest BCUT2D eigenvalue weighted by molar-refractivity contribution is 0.101.